The van der Waals surface area contributed by atoms with Gasteiger partial charge in [-0.3, -0.25) is 4.79 Å². The summed E-state index contributed by atoms with van der Waals surface area (Å²) in [7, 11) is 0. The maximum Gasteiger partial charge on any atom is 0.263 e. The fourth-order valence-corrected chi connectivity index (χ4v) is 3.61. The first kappa shape index (κ1) is 19.3. The second-order valence-corrected chi connectivity index (χ2v) is 7.36. The van der Waals surface area contributed by atoms with Crippen LogP contribution in [0.5, 0.6) is 5.75 Å². The number of anilines is 1. The zero-order valence-corrected chi connectivity index (χ0v) is 16.9. The highest BCUT2D eigenvalue weighted by molar-refractivity contribution is 5.81. The molecule has 0 aromatic heterocycles. The summed E-state index contributed by atoms with van der Waals surface area (Å²) in [6.07, 6.45) is 0.253. The van der Waals surface area contributed by atoms with Gasteiger partial charge in [0.1, 0.15) is 5.75 Å². The molecule has 0 unspecified atom stereocenters. The Kier molecular flexibility index (Phi) is 6.04. The van der Waals surface area contributed by atoms with E-state index < -0.39 is 6.10 Å². The van der Waals surface area contributed by atoms with Crippen molar-refractivity contribution >= 4 is 11.6 Å². The largest absolute Gasteiger partial charge is 0.481 e. The molecule has 1 heterocycles. The van der Waals surface area contributed by atoms with E-state index in [2.05, 4.69) is 36.9 Å². The molecule has 3 rings (SSSR count). The monoisotopic (exact) mass is 366 g/mol. The van der Waals surface area contributed by atoms with E-state index in [0.717, 1.165) is 37.5 Å². The van der Waals surface area contributed by atoms with Crippen molar-refractivity contribution < 1.29 is 9.53 Å². The normalized spacial score (nSPS) is 15.6. The molecule has 0 N–H and O–H groups in total. The van der Waals surface area contributed by atoms with E-state index in [1.54, 1.807) is 0 Å². The van der Waals surface area contributed by atoms with Gasteiger partial charge in [0.25, 0.3) is 5.91 Å². The first-order chi connectivity index (χ1) is 13.0. The Morgan fingerprint density at radius 1 is 1.04 bits per heavy atom. The molecule has 1 fully saturated rings. The van der Waals surface area contributed by atoms with Crippen molar-refractivity contribution in [2.75, 3.05) is 31.1 Å². The molecular formula is C23H30N2O2. The zero-order chi connectivity index (χ0) is 19.4. The summed E-state index contributed by atoms with van der Waals surface area (Å²) in [4.78, 5) is 17.3. The van der Waals surface area contributed by atoms with Gasteiger partial charge in [0.15, 0.2) is 6.10 Å². The molecular weight excluding hydrogens is 336 g/mol. The summed E-state index contributed by atoms with van der Waals surface area (Å²) in [5.74, 6) is 0.865. The summed E-state index contributed by atoms with van der Waals surface area (Å²) >= 11 is 0. The molecule has 4 heteroatoms. The smallest absolute Gasteiger partial charge is 0.263 e. The molecule has 1 aliphatic heterocycles. The lowest BCUT2D eigenvalue weighted by Gasteiger charge is -2.38. The van der Waals surface area contributed by atoms with Crippen LogP contribution in [0, 0.1) is 20.8 Å². The van der Waals surface area contributed by atoms with Crippen LogP contribution in [-0.2, 0) is 4.79 Å². The van der Waals surface area contributed by atoms with Crippen LogP contribution in [0.15, 0.2) is 42.5 Å². The third-order valence-corrected chi connectivity index (χ3v) is 5.42. The van der Waals surface area contributed by atoms with Gasteiger partial charge in [0, 0.05) is 31.9 Å². The standard InChI is InChI=1S/C23H30N2O2/c1-5-22(27-20-10-6-8-17(2)16-20)23(26)25-14-12-24(13-15-25)21-11-7-9-18(3)19(21)4/h6-11,16,22H,5,12-15H2,1-4H3/t22-/m0/s1. The van der Waals surface area contributed by atoms with E-state index in [0.29, 0.717) is 6.42 Å². The maximum atomic E-state index is 13.0. The third kappa shape index (κ3) is 4.44. The number of carbonyl (C=O) groups is 1. The van der Waals surface area contributed by atoms with Crippen LogP contribution in [0.2, 0.25) is 0 Å². The lowest BCUT2D eigenvalue weighted by atomic mass is 10.1. The van der Waals surface area contributed by atoms with Crippen LogP contribution >= 0.6 is 0 Å². The van der Waals surface area contributed by atoms with Gasteiger partial charge in [-0.2, -0.15) is 0 Å². The number of benzene rings is 2. The highest BCUT2D eigenvalue weighted by Crippen LogP contribution is 2.24. The molecule has 0 bridgehead atoms. The fraction of sp³-hybridized carbons (Fsp3) is 0.435. The minimum absolute atomic E-state index is 0.0969. The molecule has 27 heavy (non-hydrogen) atoms. The number of amides is 1. The number of aryl methyl sites for hydroxylation is 2. The molecule has 0 spiro atoms. The van der Waals surface area contributed by atoms with Gasteiger partial charge in [-0.1, -0.05) is 31.2 Å². The van der Waals surface area contributed by atoms with Gasteiger partial charge in [0.2, 0.25) is 0 Å². The molecule has 2 aromatic carbocycles. The minimum atomic E-state index is -0.418. The molecule has 1 saturated heterocycles. The third-order valence-electron chi connectivity index (χ3n) is 5.42. The minimum Gasteiger partial charge on any atom is -0.481 e. The molecule has 4 nitrogen and oxygen atoms in total. The van der Waals surface area contributed by atoms with E-state index in [1.807, 2.05) is 43.0 Å². The van der Waals surface area contributed by atoms with Crippen LogP contribution in [-0.4, -0.2) is 43.1 Å². The summed E-state index contributed by atoms with van der Waals surface area (Å²) in [5, 5.41) is 0. The topological polar surface area (TPSA) is 32.8 Å². The van der Waals surface area contributed by atoms with Crippen LogP contribution in [0.3, 0.4) is 0 Å². The first-order valence-electron chi connectivity index (χ1n) is 9.83. The molecule has 1 atom stereocenters. The van der Waals surface area contributed by atoms with E-state index in [1.165, 1.54) is 16.8 Å². The summed E-state index contributed by atoms with van der Waals surface area (Å²) < 4.78 is 6.00. The Bertz CT molecular complexity index is 795. The highest BCUT2D eigenvalue weighted by atomic mass is 16.5. The number of hydrogen-bond acceptors (Lipinski definition) is 3. The Hall–Kier alpha value is -2.49. The summed E-state index contributed by atoms with van der Waals surface area (Å²) in [5.41, 5.74) is 5.05. The second-order valence-electron chi connectivity index (χ2n) is 7.36. The van der Waals surface area contributed by atoms with E-state index in [9.17, 15) is 4.79 Å². The predicted molar refractivity (Wildman–Crippen MR) is 111 cm³/mol. The van der Waals surface area contributed by atoms with Crippen molar-refractivity contribution in [3.8, 4) is 5.75 Å². The number of hydrogen-bond donors (Lipinski definition) is 0. The van der Waals surface area contributed by atoms with Crippen molar-refractivity contribution in [1.29, 1.82) is 0 Å². The van der Waals surface area contributed by atoms with E-state index >= 15 is 0 Å². The van der Waals surface area contributed by atoms with Crippen molar-refractivity contribution in [1.82, 2.24) is 4.90 Å². The lowest BCUT2D eigenvalue weighted by Crippen LogP contribution is -2.52. The SMILES string of the molecule is CC[C@H](Oc1cccc(C)c1)C(=O)N1CCN(c2cccc(C)c2C)CC1. The van der Waals surface area contributed by atoms with E-state index in [-0.39, 0.29) is 5.91 Å². The predicted octanol–water partition coefficient (Wildman–Crippen LogP) is 4.12. The van der Waals surface area contributed by atoms with Crippen LogP contribution in [0.25, 0.3) is 0 Å². The van der Waals surface area contributed by atoms with Gasteiger partial charge < -0.3 is 14.5 Å². The summed E-state index contributed by atoms with van der Waals surface area (Å²) in [6.45, 7) is 11.5. The first-order valence-corrected chi connectivity index (χ1v) is 9.83. The van der Waals surface area contributed by atoms with Crippen LogP contribution in [0.4, 0.5) is 5.69 Å². The molecule has 1 amide bonds. The summed E-state index contributed by atoms with van der Waals surface area (Å²) in [6, 6.07) is 14.3. The molecule has 2 aromatic rings. The van der Waals surface area contributed by atoms with Crippen molar-refractivity contribution in [2.45, 2.75) is 40.2 Å². The van der Waals surface area contributed by atoms with Crippen molar-refractivity contribution in [2.24, 2.45) is 0 Å². The number of rotatable bonds is 5. The Labute approximate surface area is 162 Å². The van der Waals surface area contributed by atoms with Gasteiger partial charge >= 0.3 is 0 Å². The number of carbonyl (C=O) groups excluding carboxylic acids is 1. The maximum absolute atomic E-state index is 13.0. The number of nitrogens with zero attached hydrogens (tertiary/aromatic N) is 2. The average Bonchev–Trinajstić information content (AvgIpc) is 2.68. The molecule has 1 aliphatic rings. The van der Waals surface area contributed by atoms with Gasteiger partial charge in [0.05, 0.1) is 0 Å². The number of ether oxygens (including phenoxy) is 1. The van der Waals surface area contributed by atoms with Crippen LogP contribution < -0.4 is 9.64 Å². The zero-order valence-electron chi connectivity index (χ0n) is 16.9. The molecule has 0 saturated carbocycles. The molecule has 0 radical (unpaired) electrons. The van der Waals surface area contributed by atoms with E-state index in [4.69, 9.17) is 4.74 Å². The average molecular weight is 367 g/mol. The van der Waals surface area contributed by atoms with Gasteiger partial charge in [-0.05, 0) is 62.1 Å². The lowest BCUT2D eigenvalue weighted by molar-refractivity contribution is -0.139. The van der Waals surface area contributed by atoms with Crippen molar-refractivity contribution in [3.63, 3.8) is 0 Å². The van der Waals surface area contributed by atoms with Gasteiger partial charge in [-0.15, -0.1) is 0 Å². The Morgan fingerprint density at radius 3 is 2.41 bits per heavy atom. The van der Waals surface area contributed by atoms with Crippen LogP contribution in [0.1, 0.15) is 30.0 Å². The quantitative estimate of drug-likeness (QED) is 0.798. The van der Waals surface area contributed by atoms with Crippen molar-refractivity contribution in [3.05, 3.63) is 59.2 Å². The Balaban J connectivity index is 1.62. The van der Waals surface area contributed by atoms with Gasteiger partial charge in [-0.25, -0.2) is 0 Å². The highest BCUT2D eigenvalue weighted by Gasteiger charge is 2.28. The Morgan fingerprint density at radius 2 is 1.74 bits per heavy atom. The fourth-order valence-electron chi connectivity index (χ4n) is 3.61. The molecule has 144 valence electrons. The molecule has 0 aliphatic carbocycles. The number of piperazine rings is 1. The second kappa shape index (κ2) is 8.47.